The number of halogens is 1. The van der Waals surface area contributed by atoms with Crippen molar-refractivity contribution >= 4 is 17.4 Å². The number of rotatable bonds is 1. The molecule has 0 radical (unpaired) electrons. The van der Waals surface area contributed by atoms with Crippen molar-refractivity contribution in [2.75, 3.05) is 14.1 Å². The summed E-state index contributed by atoms with van der Waals surface area (Å²) >= 11 is 6.64. The van der Waals surface area contributed by atoms with E-state index >= 15 is 0 Å². The summed E-state index contributed by atoms with van der Waals surface area (Å²) in [5.41, 5.74) is 0. The predicted molar refractivity (Wildman–Crippen MR) is 56.5 cm³/mol. The van der Waals surface area contributed by atoms with Crippen LogP contribution in [0.5, 0.6) is 0 Å². The van der Waals surface area contributed by atoms with Gasteiger partial charge in [0.15, 0.2) is 0 Å². The van der Waals surface area contributed by atoms with Gasteiger partial charge in [-0.05, 0) is 31.1 Å². The highest BCUT2D eigenvalue weighted by Gasteiger charge is 2.52. The third kappa shape index (κ3) is 1.26. The summed E-state index contributed by atoms with van der Waals surface area (Å²) in [7, 11) is 3.74. The molecule has 2 nitrogen and oxygen atoms in total. The van der Waals surface area contributed by atoms with Gasteiger partial charge in [-0.2, -0.15) is 0 Å². The van der Waals surface area contributed by atoms with Gasteiger partial charge < -0.3 is 5.32 Å². The SMILES string of the molecule is CN=C(NC)[C@]1(Cl)C[C@H]2CC[C@H]1C2. The van der Waals surface area contributed by atoms with E-state index in [0.717, 1.165) is 18.2 Å². The molecule has 74 valence electrons. The first-order valence-electron chi connectivity index (χ1n) is 5.04. The first-order valence-corrected chi connectivity index (χ1v) is 5.42. The number of nitrogens with zero attached hydrogens (tertiary/aromatic N) is 1. The predicted octanol–water partition coefficient (Wildman–Crippen LogP) is 2.03. The number of fused-ring (bicyclic) bond motifs is 2. The van der Waals surface area contributed by atoms with Crippen molar-refractivity contribution in [3.05, 3.63) is 0 Å². The number of alkyl halides is 1. The summed E-state index contributed by atoms with van der Waals surface area (Å²) in [4.78, 5) is 4.09. The van der Waals surface area contributed by atoms with E-state index in [1.165, 1.54) is 19.3 Å². The van der Waals surface area contributed by atoms with Crippen LogP contribution in [-0.2, 0) is 0 Å². The Morgan fingerprint density at radius 2 is 2.31 bits per heavy atom. The molecule has 2 rings (SSSR count). The highest BCUT2D eigenvalue weighted by Crippen LogP contribution is 2.54. The van der Waals surface area contributed by atoms with Crippen LogP contribution in [0.25, 0.3) is 0 Å². The van der Waals surface area contributed by atoms with Gasteiger partial charge in [0.25, 0.3) is 0 Å². The molecule has 2 bridgehead atoms. The van der Waals surface area contributed by atoms with Crippen molar-refractivity contribution in [3.63, 3.8) is 0 Å². The second-order valence-corrected chi connectivity index (χ2v) is 4.94. The number of hydrogen-bond acceptors (Lipinski definition) is 1. The van der Waals surface area contributed by atoms with Crippen LogP contribution >= 0.6 is 11.6 Å². The van der Waals surface area contributed by atoms with E-state index in [2.05, 4.69) is 10.3 Å². The molecule has 0 spiro atoms. The normalized spacial score (nSPS) is 44.1. The molecule has 3 atom stereocenters. The summed E-state index contributed by atoms with van der Waals surface area (Å²) in [5.74, 6) is 2.50. The van der Waals surface area contributed by atoms with Gasteiger partial charge in [-0.1, -0.05) is 6.42 Å². The smallest absolute Gasteiger partial charge is 0.117 e. The van der Waals surface area contributed by atoms with E-state index in [9.17, 15) is 0 Å². The Morgan fingerprint density at radius 1 is 1.54 bits per heavy atom. The lowest BCUT2D eigenvalue weighted by Crippen LogP contribution is -2.44. The maximum absolute atomic E-state index is 6.64. The van der Waals surface area contributed by atoms with Crippen LogP contribution in [0.2, 0.25) is 0 Å². The molecular weight excluding hydrogens is 184 g/mol. The molecule has 13 heavy (non-hydrogen) atoms. The Balaban J connectivity index is 2.21. The standard InChI is InChI=1S/C10H17ClN2/c1-12-9(13-2)10(11)6-7-3-4-8(10)5-7/h7-8H,3-6H2,1-2H3,(H,12,13)/t7-,8-,10-/m0/s1. The van der Waals surface area contributed by atoms with Crippen LogP contribution in [0.3, 0.4) is 0 Å². The van der Waals surface area contributed by atoms with Gasteiger partial charge in [-0.25, -0.2) is 0 Å². The van der Waals surface area contributed by atoms with E-state index in [1.54, 1.807) is 0 Å². The number of amidine groups is 1. The van der Waals surface area contributed by atoms with Crippen molar-refractivity contribution in [1.29, 1.82) is 0 Å². The minimum atomic E-state index is -0.160. The summed E-state index contributed by atoms with van der Waals surface area (Å²) in [5, 5.41) is 3.14. The largest absolute Gasteiger partial charge is 0.375 e. The Bertz CT molecular complexity index is 239. The molecule has 0 aromatic heterocycles. The average molecular weight is 201 g/mol. The van der Waals surface area contributed by atoms with E-state index in [4.69, 9.17) is 11.6 Å². The first-order chi connectivity index (χ1) is 6.20. The first kappa shape index (κ1) is 9.32. The second kappa shape index (κ2) is 3.16. The Labute approximate surface area is 84.8 Å². The third-order valence-corrected chi connectivity index (χ3v) is 4.27. The van der Waals surface area contributed by atoms with E-state index in [0.29, 0.717) is 5.92 Å². The fourth-order valence-electron chi connectivity index (χ4n) is 3.06. The van der Waals surface area contributed by atoms with Crippen molar-refractivity contribution in [1.82, 2.24) is 5.32 Å². The minimum absolute atomic E-state index is 0.160. The third-order valence-electron chi connectivity index (χ3n) is 3.63. The van der Waals surface area contributed by atoms with E-state index in [1.807, 2.05) is 14.1 Å². The molecule has 0 aromatic rings. The Kier molecular flexibility index (Phi) is 2.26. The molecule has 3 heteroatoms. The molecule has 2 fully saturated rings. The molecule has 0 heterocycles. The lowest BCUT2D eigenvalue weighted by atomic mass is 9.87. The summed E-state index contributed by atoms with van der Waals surface area (Å²) in [6, 6.07) is 0. The fraction of sp³-hybridized carbons (Fsp3) is 0.900. The van der Waals surface area contributed by atoms with Crippen molar-refractivity contribution in [3.8, 4) is 0 Å². The maximum Gasteiger partial charge on any atom is 0.117 e. The van der Waals surface area contributed by atoms with Crippen molar-refractivity contribution in [2.45, 2.75) is 30.6 Å². The van der Waals surface area contributed by atoms with Gasteiger partial charge in [-0.3, -0.25) is 4.99 Å². The minimum Gasteiger partial charge on any atom is -0.375 e. The molecule has 0 amide bonds. The number of nitrogens with one attached hydrogen (secondary N) is 1. The quantitative estimate of drug-likeness (QED) is 0.391. The van der Waals surface area contributed by atoms with Crippen LogP contribution in [-0.4, -0.2) is 24.8 Å². The van der Waals surface area contributed by atoms with Gasteiger partial charge in [-0.15, -0.1) is 11.6 Å². The summed E-state index contributed by atoms with van der Waals surface area (Å²) in [6.45, 7) is 0. The van der Waals surface area contributed by atoms with Crippen molar-refractivity contribution < 1.29 is 0 Å². The summed E-state index contributed by atoms with van der Waals surface area (Å²) < 4.78 is 0. The van der Waals surface area contributed by atoms with Gasteiger partial charge in [0.2, 0.25) is 0 Å². The Hall–Kier alpha value is -0.240. The van der Waals surface area contributed by atoms with Crippen LogP contribution in [0.15, 0.2) is 4.99 Å². The van der Waals surface area contributed by atoms with Gasteiger partial charge >= 0.3 is 0 Å². The molecule has 1 N–H and O–H groups in total. The lowest BCUT2D eigenvalue weighted by molar-refractivity contribution is 0.434. The Morgan fingerprint density at radius 3 is 2.69 bits per heavy atom. The molecule has 2 aliphatic carbocycles. The molecule has 0 aliphatic heterocycles. The van der Waals surface area contributed by atoms with Crippen LogP contribution in [0, 0.1) is 11.8 Å². The van der Waals surface area contributed by atoms with Gasteiger partial charge in [0.05, 0.1) is 0 Å². The topological polar surface area (TPSA) is 24.4 Å². The fourth-order valence-corrected chi connectivity index (χ4v) is 3.65. The molecule has 0 aromatic carbocycles. The zero-order valence-electron chi connectivity index (χ0n) is 8.31. The second-order valence-electron chi connectivity index (χ2n) is 4.26. The zero-order chi connectivity index (χ0) is 9.47. The maximum atomic E-state index is 6.64. The van der Waals surface area contributed by atoms with E-state index in [-0.39, 0.29) is 4.87 Å². The monoisotopic (exact) mass is 200 g/mol. The number of hydrogen-bond donors (Lipinski definition) is 1. The summed E-state index contributed by atoms with van der Waals surface area (Å²) in [6.07, 6.45) is 5.09. The van der Waals surface area contributed by atoms with E-state index < -0.39 is 0 Å². The van der Waals surface area contributed by atoms with Gasteiger partial charge in [0, 0.05) is 14.1 Å². The highest BCUT2D eigenvalue weighted by atomic mass is 35.5. The molecule has 0 saturated heterocycles. The van der Waals surface area contributed by atoms with Crippen LogP contribution < -0.4 is 5.32 Å². The lowest BCUT2D eigenvalue weighted by Gasteiger charge is -2.32. The number of aliphatic imine (C=N–C) groups is 1. The average Bonchev–Trinajstić information content (AvgIpc) is 2.65. The van der Waals surface area contributed by atoms with Crippen LogP contribution in [0.4, 0.5) is 0 Å². The molecule has 2 aliphatic rings. The zero-order valence-corrected chi connectivity index (χ0v) is 9.06. The molecule has 2 saturated carbocycles. The molecular formula is C10H17ClN2. The van der Waals surface area contributed by atoms with Crippen LogP contribution in [0.1, 0.15) is 25.7 Å². The highest BCUT2D eigenvalue weighted by molar-refractivity contribution is 6.36. The van der Waals surface area contributed by atoms with Gasteiger partial charge in [0.1, 0.15) is 10.7 Å². The van der Waals surface area contributed by atoms with Crippen molar-refractivity contribution in [2.24, 2.45) is 16.8 Å². The molecule has 0 unspecified atom stereocenters.